The van der Waals surface area contributed by atoms with Crippen LogP contribution in [0.25, 0.3) is 10.2 Å². The van der Waals surface area contributed by atoms with Crippen LogP contribution in [0.5, 0.6) is 0 Å². The summed E-state index contributed by atoms with van der Waals surface area (Å²) >= 11 is 7.72. The first-order valence-corrected chi connectivity index (χ1v) is 7.33. The van der Waals surface area contributed by atoms with Crippen molar-refractivity contribution in [2.75, 3.05) is 18.0 Å². The maximum Gasteiger partial charge on any atom is 0.224 e. The van der Waals surface area contributed by atoms with Gasteiger partial charge in [0.05, 0.1) is 10.2 Å². The van der Waals surface area contributed by atoms with E-state index in [1.54, 1.807) is 11.3 Å². The topological polar surface area (TPSA) is 55.0 Å². The van der Waals surface area contributed by atoms with Gasteiger partial charge in [-0.15, -0.1) is 23.7 Å². The fraction of sp³-hybridized carbons (Fsp3) is 0.500. The van der Waals surface area contributed by atoms with Crippen molar-refractivity contribution in [2.24, 2.45) is 5.73 Å². The molecule has 0 atom stereocenters. The Morgan fingerprint density at radius 1 is 1.37 bits per heavy atom. The average Bonchev–Trinajstić information content (AvgIpc) is 2.71. The maximum absolute atomic E-state index is 6.03. The molecule has 0 bridgehead atoms. The van der Waals surface area contributed by atoms with Crippen molar-refractivity contribution in [1.82, 2.24) is 9.97 Å². The van der Waals surface area contributed by atoms with Crippen LogP contribution in [0.4, 0.5) is 5.82 Å². The van der Waals surface area contributed by atoms with Crippen molar-refractivity contribution in [3.8, 4) is 0 Å². The molecule has 3 heterocycles. The SMILES string of the molecule is Cc1csc2c(N3CCC(N)CC3)nc(Cl)nc12.Cl. The van der Waals surface area contributed by atoms with E-state index in [1.807, 2.05) is 0 Å². The third kappa shape index (κ3) is 2.79. The largest absolute Gasteiger partial charge is 0.355 e. The minimum atomic E-state index is 0. The second kappa shape index (κ2) is 5.79. The van der Waals surface area contributed by atoms with E-state index in [2.05, 4.69) is 27.2 Å². The first-order chi connectivity index (χ1) is 8.65. The molecule has 1 aliphatic rings. The molecule has 104 valence electrons. The van der Waals surface area contributed by atoms with E-state index in [9.17, 15) is 0 Å². The summed E-state index contributed by atoms with van der Waals surface area (Å²) in [5.41, 5.74) is 8.08. The minimum Gasteiger partial charge on any atom is -0.355 e. The van der Waals surface area contributed by atoms with Gasteiger partial charge in [0, 0.05) is 19.1 Å². The molecule has 0 unspecified atom stereocenters. The lowest BCUT2D eigenvalue weighted by Crippen LogP contribution is -2.40. The monoisotopic (exact) mass is 318 g/mol. The van der Waals surface area contributed by atoms with Crippen LogP contribution < -0.4 is 10.6 Å². The van der Waals surface area contributed by atoms with Crippen molar-refractivity contribution in [3.63, 3.8) is 0 Å². The highest BCUT2D eigenvalue weighted by Crippen LogP contribution is 2.33. The maximum atomic E-state index is 6.03. The van der Waals surface area contributed by atoms with Crippen LogP contribution in [0, 0.1) is 6.92 Å². The van der Waals surface area contributed by atoms with Crippen molar-refractivity contribution in [1.29, 1.82) is 0 Å². The second-order valence-electron chi connectivity index (χ2n) is 4.74. The van der Waals surface area contributed by atoms with Crippen LogP contribution in [0.2, 0.25) is 5.28 Å². The Hall–Kier alpha value is -0.620. The lowest BCUT2D eigenvalue weighted by Gasteiger charge is -2.31. The van der Waals surface area contributed by atoms with Crippen LogP contribution in [0.3, 0.4) is 0 Å². The molecule has 0 amide bonds. The van der Waals surface area contributed by atoms with Crippen molar-refractivity contribution in [3.05, 3.63) is 16.2 Å². The third-order valence-electron chi connectivity index (χ3n) is 3.39. The highest BCUT2D eigenvalue weighted by Gasteiger charge is 2.21. The summed E-state index contributed by atoms with van der Waals surface area (Å²) in [5.74, 6) is 0.968. The van der Waals surface area contributed by atoms with E-state index >= 15 is 0 Å². The Morgan fingerprint density at radius 3 is 2.74 bits per heavy atom. The molecule has 3 rings (SSSR count). The normalized spacial score (nSPS) is 16.7. The summed E-state index contributed by atoms with van der Waals surface area (Å²) in [5, 5.41) is 2.43. The van der Waals surface area contributed by atoms with Gasteiger partial charge in [-0.05, 0) is 42.3 Å². The predicted molar refractivity (Wildman–Crippen MR) is 83.8 cm³/mol. The van der Waals surface area contributed by atoms with Crippen molar-refractivity contribution < 1.29 is 0 Å². The lowest BCUT2D eigenvalue weighted by molar-refractivity contribution is 0.499. The van der Waals surface area contributed by atoms with Gasteiger partial charge in [0.2, 0.25) is 5.28 Å². The number of thiophene rings is 1. The predicted octanol–water partition coefficient (Wildman–Crippen LogP) is 3.00. The molecule has 0 radical (unpaired) electrons. The number of hydrogen-bond donors (Lipinski definition) is 1. The van der Waals surface area contributed by atoms with E-state index in [0.717, 1.165) is 47.5 Å². The van der Waals surface area contributed by atoms with Gasteiger partial charge >= 0.3 is 0 Å². The fourth-order valence-corrected chi connectivity index (χ4v) is 3.49. The highest BCUT2D eigenvalue weighted by atomic mass is 35.5. The molecular formula is C12H16Cl2N4S. The number of rotatable bonds is 1. The molecule has 2 N–H and O–H groups in total. The first-order valence-electron chi connectivity index (χ1n) is 6.07. The molecular weight excluding hydrogens is 303 g/mol. The van der Waals surface area contributed by atoms with E-state index in [-0.39, 0.29) is 12.4 Å². The molecule has 4 nitrogen and oxygen atoms in total. The lowest BCUT2D eigenvalue weighted by atomic mass is 10.1. The number of aromatic nitrogens is 2. The molecule has 2 aromatic rings. The first kappa shape index (κ1) is 14.8. The number of aryl methyl sites for hydroxylation is 1. The molecule has 7 heteroatoms. The second-order valence-corrected chi connectivity index (χ2v) is 5.95. The quantitative estimate of drug-likeness (QED) is 0.821. The van der Waals surface area contributed by atoms with Gasteiger partial charge in [0.15, 0.2) is 5.82 Å². The molecule has 0 spiro atoms. The number of halogens is 2. The standard InChI is InChI=1S/C12H15ClN4S.ClH/c1-7-6-18-10-9(7)15-12(13)16-11(10)17-4-2-8(14)3-5-17;/h6,8H,2-5,14H2,1H3;1H. The third-order valence-corrected chi connectivity index (χ3v) is 4.64. The van der Waals surface area contributed by atoms with Gasteiger partial charge < -0.3 is 10.6 Å². The van der Waals surface area contributed by atoms with Crippen molar-refractivity contribution in [2.45, 2.75) is 25.8 Å². The Kier molecular flexibility index (Phi) is 4.50. The van der Waals surface area contributed by atoms with Crippen LogP contribution in [-0.2, 0) is 0 Å². The number of piperidine rings is 1. The van der Waals surface area contributed by atoms with Gasteiger partial charge in [-0.3, -0.25) is 0 Å². The summed E-state index contributed by atoms with van der Waals surface area (Å²) in [6, 6.07) is 0.319. The van der Waals surface area contributed by atoms with E-state index in [4.69, 9.17) is 17.3 Å². The summed E-state index contributed by atoms with van der Waals surface area (Å²) in [6.45, 7) is 3.94. The zero-order valence-corrected chi connectivity index (χ0v) is 13.0. The van der Waals surface area contributed by atoms with Gasteiger partial charge in [-0.25, -0.2) is 4.98 Å². The van der Waals surface area contributed by atoms with Crippen molar-refractivity contribution >= 4 is 51.4 Å². The fourth-order valence-electron chi connectivity index (χ4n) is 2.32. The van der Waals surface area contributed by atoms with E-state index < -0.39 is 0 Å². The molecule has 0 aromatic carbocycles. The molecule has 1 fully saturated rings. The molecule has 1 saturated heterocycles. The minimum absolute atomic E-state index is 0. The van der Waals surface area contributed by atoms with Gasteiger partial charge in [0.1, 0.15) is 0 Å². The average molecular weight is 319 g/mol. The van der Waals surface area contributed by atoms with Gasteiger partial charge in [-0.1, -0.05) is 0 Å². The van der Waals surface area contributed by atoms with Crippen LogP contribution in [0.15, 0.2) is 5.38 Å². The number of nitrogens with zero attached hydrogens (tertiary/aromatic N) is 3. The van der Waals surface area contributed by atoms with E-state index in [0.29, 0.717) is 11.3 Å². The molecule has 2 aromatic heterocycles. The summed E-state index contributed by atoms with van der Waals surface area (Å²) in [6.07, 6.45) is 2.01. The number of hydrogen-bond acceptors (Lipinski definition) is 5. The molecule has 0 saturated carbocycles. The van der Waals surface area contributed by atoms with Crippen LogP contribution in [0.1, 0.15) is 18.4 Å². The molecule has 1 aliphatic heterocycles. The summed E-state index contributed by atoms with van der Waals surface area (Å²) in [4.78, 5) is 11.0. The zero-order valence-electron chi connectivity index (χ0n) is 10.6. The Morgan fingerprint density at radius 2 is 2.05 bits per heavy atom. The number of nitrogens with two attached hydrogens (primary N) is 1. The number of anilines is 1. The summed E-state index contributed by atoms with van der Waals surface area (Å²) in [7, 11) is 0. The number of fused-ring (bicyclic) bond motifs is 1. The summed E-state index contributed by atoms with van der Waals surface area (Å²) < 4.78 is 1.13. The zero-order chi connectivity index (χ0) is 12.7. The Balaban J connectivity index is 0.00000133. The van der Waals surface area contributed by atoms with Crippen LogP contribution >= 0.6 is 35.3 Å². The van der Waals surface area contributed by atoms with Crippen LogP contribution in [-0.4, -0.2) is 29.1 Å². The Bertz CT molecular complexity index is 578. The van der Waals surface area contributed by atoms with Gasteiger partial charge in [-0.2, -0.15) is 4.98 Å². The molecule has 19 heavy (non-hydrogen) atoms. The Labute approximate surface area is 127 Å². The smallest absolute Gasteiger partial charge is 0.224 e. The van der Waals surface area contributed by atoms with E-state index in [1.165, 1.54) is 0 Å². The molecule has 0 aliphatic carbocycles. The highest BCUT2D eigenvalue weighted by molar-refractivity contribution is 7.18. The van der Waals surface area contributed by atoms with Gasteiger partial charge in [0.25, 0.3) is 0 Å².